The van der Waals surface area contributed by atoms with Crippen molar-refractivity contribution >= 4 is 5.69 Å². The maximum Gasteiger partial charge on any atom is 0.323 e. The lowest BCUT2D eigenvalue weighted by Gasteiger charge is -2.06. The van der Waals surface area contributed by atoms with Gasteiger partial charge >= 0.3 is 6.01 Å². The van der Waals surface area contributed by atoms with E-state index in [1.54, 1.807) is 0 Å². The first-order chi connectivity index (χ1) is 8.19. The number of nitriles is 1. The molecule has 0 saturated heterocycles. The molecule has 5 nitrogen and oxygen atoms in total. The highest BCUT2D eigenvalue weighted by molar-refractivity contribution is 5.53. The Morgan fingerprint density at radius 1 is 1.35 bits per heavy atom. The van der Waals surface area contributed by atoms with Crippen LogP contribution in [-0.2, 0) is 0 Å². The minimum Gasteiger partial charge on any atom is -0.422 e. The van der Waals surface area contributed by atoms with Gasteiger partial charge in [-0.25, -0.2) is 9.37 Å². The van der Waals surface area contributed by atoms with E-state index >= 15 is 0 Å². The average molecular weight is 230 g/mol. The molecule has 0 aliphatic heterocycles. The molecule has 2 N–H and O–H groups in total. The molecule has 0 unspecified atom stereocenters. The van der Waals surface area contributed by atoms with Crippen molar-refractivity contribution in [3.63, 3.8) is 0 Å². The number of aromatic nitrogens is 2. The van der Waals surface area contributed by atoms with E-state index in [9.17, 15) is 4.39 Å². The number of rotatable bonds is 2. The highest BCUT2D eigenvalue weighted by Crippen LogP contribution is 2.25. The van der Waals surface area contributed by atoms with Crippen LogP contribution >= 0.6 is 0 Å². The topological polar surface area (TPSA) is 84.8 Å². The van der Waals surface area contributed by atoms with Gasteiger partial charge in [-0.15, -0.1) is 0 Å². The fourth-order valence-electron chi connectivity index (χ4n) is 1.15. The van der Waals surface area contributed by atoms with Crippen LogP contribution in [0.4, 0.5) is 10.1 Å². The van der Waals surface area contributed by atoms with E-state index in [1.807, 2.05) is 6.07 Å². The van der Waals surface area contributed by atoms with Crippen LogP contribution in [0, 0.1) is 17.1 Å². The lowest BCUT2D eigenvalue weighted by molar-refractivity contribution is 0.439. The number of ether oxygens (including phenoxy) is 1. The third-order valence-corrected chi connectivity index (χ3v) is 1.92. The molecule has 0 aliphatic rings. The van der Waals surface area contributed by atoms with Crippen molar-refractivity contribution in [2.75, 3.05) is 5.73 Å². The van der Waals surface area contributed by atoms with Gasteiger partial charge in [0.15, 0.2) is 5.75 Å². The zero-order valence-corrected chi connectivity index (χ0v) is 8.59. The van der Waals surface area contributed by atoms with Gasteiger partial charge in [-0.05, 0) is 18.2 Å². The summed E-state index contributed by atoms with van der Waals surface area (Å²) in [6.07, 6.45) is 1.37. The smallest absolute Gasteiger partial charge is 0.323 e. The quantitative estimate of drug-likeness (QED) is 0.796. The lowest BCUT2D eigenvalue weighted by Crippen LogP contribution is -1.97. The van der Waals surface area contributed by atoms with Crippen molar-refractivity contribution in [3.05, 3.63) is 42.0 Å². The van der Waals surface area contributed by atoms with Crippen molar-refractivity contribution in [1.82, 2.24) is 9.97 Å². The third kappa shape index (κ3) is 2.46. The molecule has 0 aliphatic carbocycles. The van der Waals surface area contributed by atoms with Crippen LogP contribution in [0.1, 0.15) is 5.69 Å². The summed E-state index contributed by atoms with van der Waals surface area (Å²) >= 11 is 0. The molecule has 0 spiro atoms. The maximum absolute atomic E-state index is 13.0. The summed E-state index contributed by atoms with van der Waals surface area (Å²) in [7, 11) is 0. The predicted molar refractivity (Wildman–Crippen MR) is 57.6 cm³/mol. The molecular formula is C11H7FN4O. The molecule has 0 bridgehead atoms. The molecule has 1 aromatic carbocycles. The van der Waals surface area contributed by atoms with Gasteiger partial charge in [0.05, 0.1) is 5.69 Å². The second-order valence-corrected chi connectivity index (χ2v) is 3.12. The van der Waals surface area contributed by atoms with Gasteiger partial charge < -0.3 is 10.5 Å². The lowest BCUT2D eigenvalue weighted by atomic mass is 10.3. The molecule has 2 rings (SSSR count). The van der Waals surface area contributed by atoms with E-state index in [2.05, 4.69) is 9.97 Å². The number of nitrogens with zero attached hydrogens (tertiary/aromatic N) is 3. The first kappa shape index (κ1) is 10.8. The second kappa shape index (κ2) is 4.45. The minimum atomic E-state index is -0.481. The van der Waals surface area contributed by atoms with Crippen LogP contribution in [-0.4, -0.2) is 9.97 Å². The second-order valence-electron chi connectivity index (χ2n) is 3.12. The summed E-state index contributed by atoms with van der Waals surface area (Å²) in [6.45, 7) is 0. The largest absolute Gasteiger partial charge is 0.422 e. The van der Waals surface area contributed by atoms with Crippen LogP contribution in [0.25, 0.3) is 0 Å². The molecule has 17 heavy (non-hydrogen) atoms. The first-order valence-electron chi connectivity index (χ1n) is 4.65. The van der Waals surface area contributed by atoms with Gasteiger partial charge in [0.2, 0.25) is 0 Å². The zero-order valence-electron chi connectivity index (χ0n) is 8.59. The number of hydrogen-bond donors (Lipinski definition) is 1. The molecule has 0 amide bonds. The number of anilines is 1. The van der Waals surface area contributed by atoms with Gasteiger partial charge in [-0.2, -0.15) is 10.2 Å². The molecule has 1 heterocycles. The summed E-state index contributed by atoms with van der Waals surface area (Å²) in [5.74, 6) is -0.370. The minimum absolute atomic E-state index is 0.0543. The Kier molecular flexibility index (Phi) is 2.83. The van der Waals surface area contributed by atoms with Crippen molar-refractivity contribution in [1.29, 1.82) is 5.26 Å². The molecule has 1 aromatic heterocycles. The van der Waals surface area contributed by atoms with Gasteiger partial charge in [-0.1, -0.05) is 0 Å². The zero-order chi connectivity index (χ0) is 12.3. The van der Waals surface area contributed by atoms with Crippen molar-refractivity contribution < 1.29 is 9.13 Å². The highest BCUT2D eigenvalue weighted by Gasteiger charge is 2.06. The molecule has 0 atom stereocenters. The number of hydrogen-bond acceptors (Lipinski definition) is 5. The summed E-state index contributed by atoms with van der Waals surface area (Å²) in [5.41, 5.74) is 6.01. The van der Waals surface area contributed by atoms with Crippen LogP contribution in [0.5, 0.6) is 11.8 Å². The molecule has 6 heteroatoms. The van der Waals surface area contributed by atoms with E-state index in [0.717, 1.165) is 6.07 Å². The Bertz CT molecular complexity index is 594. The Morgan fingerprint density at radius 3 is 2.94 bits per heavy atom. The molecule has 0 radical (unpaired) electrons. The Hall–Kier alpha value is -2.68. The van der Waals surface area contributed by atoms with Crippen LogP contribution in [0.3, 0.4) is 0 Å². The summed E-state index contributed by atoms with van der Waals surface area (Å²) < 4.78 is 18.2. The Labute approximate surface area is 96.3 Å². The third-order valence-electron chi connectivity index (χ3n) is 1.92. The van der Waals surface area contributed by atoms with E-state index < -0.39 is 5.82 Å². The van der Waals surface area contributed by atoms with Crippen LogP contribution in [0.2, 0.25) is 0 Å². The standard InChI is InChI=1S/C11H7FN4O/c12-7-1-2-9(14)10(5-7)17-11-15-4-3-8(6-13)16-11/h1-5H,14H2. The monoisotopic (exact) mass is 230 g/mol. The predicted octanol–water partition coefficient (Wildman–Crippen LogP) is 1.86. The SMILES string of the molecule is N#Cc1ccnc(Oc2cc(F)ccc2N)n1. The fraction of sp³-hybridized carbons (Fsp3) is 0. The summed E-state index contributed by atoms with van der Waals surface area (Å²) in [4.78, 5) is 7.58. The number of nitrogen functional groups attached to an aromatic ring is 1. The van der Waals surface area contributed by atoms with E-state index in [4.69, 9.17) is 15.7 Å². The summed E-state index contributed by atoms with van der Waals surface area (Å²) in [6, 6.07) is 6.93. The van der Waals surface area contributed by atoms with Gasteiger partial charge in [0.1, 0.15) is 17.6 Å². The molecule has 2 aromatic rings. The number of nitrogens with two attached hydrogens (primary N) is 1. The van der Waals surface area contributed by atoms with Gasteiger partial charge in [0.25, 0.3) is 0 Å². The first-order valence-corrected chi connectivity index (χ1v) is 4.65. The molecule has 0 saturated carbocycles. The Morgan fingerprint density at radius 2 is 2.18 bits per heavy atom. The van der Waals surface area contributed by atoms with Crippen molar-refractivity contribution in [3.8, 4) is 17.8 Å². The fourth-order valence-corrected chi connectivity index (χ4v) is 1.15. The number of halogens is 1. The normalized spacial score (nSPS) is 9.65. The molecule has 84 valence electrons. The van der Waals surface area contributed by atoms with Crippen LogP contribution < -0.4 is 10.5 Å². The van der Waals surface area contributed by atoms with E-state index in [1.165, 1.54) is 24.4 Å². The number of benzene rings is 1. The van der Waals surface area contributed by atoms with Crippen molar-refractivity contribution in [2.45, 2.75) is 0 Å². The maximum atomic E-state index is 13.0. The van der Waals surface area contributed by atoms with Gasteiger partial charge in [0, 0.05) is 12.3 Å². The van der Waals surface area contributed by atoms with Crippen molar-refractivity contribution in [2.24, 2.45) is 0 Å². The molecule has 0 fully saturated rings. The Balaban J connectivity index is 2.31. The summed E-state index contributed by atoms with van der Waals surface area (Å²) in [5, 5.41) is 8.65. The van der Waals surface area contributed by atoms with Crippen LogP contribution in [0.15, 0.2) is 30.5 Å². The van der Waals surface area contributed by atoms with Gasteiger partial charge in [-0.3, -0.25) is 0 Å². The highest BCUT2D eigenvalue weighted by atomic mass is 19.1. The molecular weight excluding hydrogens is 223 g/mol. The van der Waals surface area contributed by atoms with E-state index in [0.29, 0.717) is 0 Å². The van der Waals surface area contributed by atoms with E-state index in [-0.39, 0.29) is 23.1 Å². The average Bonchev–Trinajstić information content (AvgIpc) is 2.34.